The minimum absolute atomic E-state index is 0.0643. The van der Waals surface area contributed by atoms with Gasteiger partial charge < -0.3 is 20.7 Å². The van der Waals surface area contributed by atoms with Gasteiger partial charge in [-0.1, -0.05) is 75.6 Å². The van der Waals surface area contributed by atoms with Crippen LogP contribution in [0.2, 0.25) is 0 Å². The molecule has 3 aliphatic rings. The molecule has 3 fully saturated rings. The van der Waals surface area contributed by atoms with Crippen LogP contribution in [0.3, 0.4) is 0 Å². The Labute approximate surface area is 256 Å². The van der Waals surface area contributed by atoms with Gasteiger partial charge in [0.2, 0.25) is 0 Å². The van der Waals surface area contributed by atoms with Gasteiger partial charge in [0.15, 0.2) is 0 Å². The van der Waals surface area contributed by atoms with E-state index in [-0.39, 0.29) is 23.8 Å². The minimum atomic E-state index is -0.815. The zero-order valence-corrected chi connectivity index (χ0v) is 25.6. The van der Waals surface area contributed by atoms with E-state index in [1.54, 1.807) is 25.3 Å². The van der Waals surface area contributed by atoms with E-state index >= 15 is 0 Å². The van der Waals surface area contributed by atoms with Crippen LogP contribution < -0.4 is 36.9 Å². The number of nitrogens with one attached hydrogen (secondary N) is 6. The number of carbonyl (C=O) groups is 1. The summed E-state index contributed by atoms with van der Waals surface area (Å²) in [4.78, 5) is 13.1. The summed E-state index contributed by atoms with van der Waals surface area (Å²) in [6.45, 7) is 1.75. The van der Waals surface area contributed by atoms with Gasteiger partial charge in [0.1, 0.15) is 11.8 Å². The summed E-state index contributed by atoms with van der Waals surface area (Å²) in [7, 11) is 1.56. The second-order valence-corrected chi connectivity index (χ2v) is 12.5. The fraction of sp³-hybridized carbons (Fsp3) is 0.588. The summed E-state index contributed by atoms with van der Waals surface area (Å²) in [6, 6.07) is 16.0. The number of para-hydroxylation sites is 1. The summed E-state index contributed by atoms with van der Waals surface area (Å²) >= 11 is 0. The predicted molar refractivity (Wildman–Crippen MR) is 170 cm³/mol. The Hall–Kier alpha value is -3.16. The zero-order chi connectivity index (χ0) is 29.9. The SMILES string of the molecule is COc1ccccc1[C@H](C#N)NC(=O)c1cccc(NCC2NNC(C3CCNC4(CCCCCCCCCC4)C3)N2)c1. The number of nitriles is 1. The number of carbonyl (C=O) groups excluding carboxylic acids is 1. The molecule has 1 amide bonds. The fourth-order valence-electron chi connectivity index (χ4n) is 7.12. The third kappa shape index (κ3) is 8.48. The Morgan fingerprint density at radius 3 is 2.51 bits per heavy atom. The average molecular weight is 588 g/mol. The molecule has 3 unspecified atom stereocenters. The van der Waals surface area contributed by atoms with Crippen molar-refractivity contribution >= 4 is 11.6 Å². The molecule has 6 N–H and O–H groups in total. The van der Waals surface area contributed by atoms with Crippen LogP contribution in [0.5, 0.6) is 5.75 Å². The third-order valence-corrected chi connectivity index (χ3v) is 9.48. The van der Waals surface area contributed by atoms with Crippen molar-refractivity contribution in [3.05, 3.63) is 59.7 Å². The number of hydrogen-bond acceptors (Lipinski definition) is 8. The van der Waals surface area contributed by atoms with E-state index in [0.29, 0.717) is 29.3 Å². The lowest BCUT2D eigenvalue weighted by Gasteiger charge is -2.44. The van der Waals surface area contributed by atoms with Gasteiger partial charge in [-0.2, -0.15) is 5.26 Å². The molecule has 2 aromatic rings. The molecule has 1 spiro atoms. The van der Waals surface area contributed by atoms with Crippen LogP contribution in [-0.4, -0.2) is 44.0 Å². The molecule has 2 aromatic carbocycles. The van der Waals surface area contributed by atoms with E-state index in [0.717, 1.165) is 12.2 Å². The minimum Gasteiger partial charge on any atom is -0.496 e. The summed E-state index contributed by atoms with van der Waals surface area (Å²) in [5, 5.41) is 23.8. The molecular formula is C34H49N7O2. The van der Waals surface area contributed by atoms with Crippen molar-refractivity contribution in [2.45, 2.75) is 101 Å². The first kappa shape index (κ1) is 31.3. The summed E-state index contributed by atoms with van der Waals surface area (Å²) < 4.78 is 5.38. The maximum absolute atomic E-state index is 13.1. The first-order valence-corrected chi connectivity index (χ1v) is 16.3. The van der Waals surface area contributed by atoms with Gasteiger partial charge in [-0.15, -0.1) is 0 Å². The molecule has 1 aliphatic carbocycles. The van der Waals surface area contributed by atoms with Crippen LogP contribution in [0.4, 0.5) is 5.69 Å². The highest BCUT2D eigenvalue weighted by Crippen LogP contribution is 2.36. The van der Waals surface area contributed by atoms with Crippen molar-refractivity contribution < 1.29 is 9.53 Å². The number of piperidine rings is 1. The molecule has 2 aliphatic heterocycles. The Morgan fingerprint density at radius 1 is 1.02 bits per heavy atom. The number of nitrogens with zero attached hydrogens (tertiary/aromatic N) is 1. The highest BCUT2D eigenvalue weighted by Gasteiger charge is 2.40. The lowest BCUT2D eigenvalue weighted by molar-refractivity contribution is 0.0945. The first-order valence-electron chi connectivity index (χ1n) is 16.3. The first-order chi connectivity index (χ1) is 21.1. The quantitative estimate of drug-likeness (QED) is 0.252. The van der Waals surface area contributed by atoms with Crippen LogP contribution in [-0.2, 0) is 0 Å². The molecule has 5 rings (SSSR count). The lowest BCUT2D eigenvalue weighted by atomic mass is 9.74. The monoisotopic (exact) mass is 587 g/mol. The van der Waals surface area contributed by atoms with Crippen molar-refractivity contribution in [2.24, 2.45) is 5.92 Å². The van der Waals surface area contributed by atoms with E-state index in [1.807, 2.05) is 30.3 Å². The lowest BCUT2D eigenvalue weighted by Crippen LogP contribution is -2.56. The number of rotatable bonds is 8. The maximum atomic E-state index is 13.1. The van der Waals surface area contributed by atoms with Crippen molar-refractivity contribution in [1.82, 2.24) is 26.8 Å². The molecule has 232 valence electrons. The largest absolute Gasteiger partial charge is 0.496 e. The topological polar surface area (TPSA) is 122 Å². The molecule has 0 radical (unpaired) electrons. The van der Waals surface area contributed by atoms with Crippen LogP contribution in [0, 0.1) is 17.2 Å². The van der Waals surface area contributed by atoms with Crippen LogP contribution in [0.1, 0.15) is 99.0 Å². The fourth-order valence-corrected chi connectivity index (χ4v) is 7.12. The van der Waals surface area contributed by atoms with Gasteiger partial charge in [0, 0.05) is 28.9 Å². The average Bonchev–Trinajstić information content (AvgIpc) is 3.51. The van der Waals surface area contributed by atoms with Gasteiger partial charge in [-0.25, -0.2) is 10.9 Å². The number of amides is 1. The Bertz CT molecular complexity index is 1220. The van der Waals surface area contributed by atoms with E-state index < -0.39 is 6.04 Å². The maximum Gasteiger partial charge on any atom is 0.252 e. The third-order valence-electron chi connectivity index (χ3n) is 9.48. The molecule has 2 saturated heterocycles. The molecule has 0 aromatic heterocycles. The molecule has 1 saturated carbocycles. The molecule has 43 heavy (non-hydrogen) atoms. The highest BCUT2D eigenvalue weighted by molar-refractivity contribution is 5.95. The van der Waals surface area contributed by atoms with Gasteiger partial charge in [0.05, 0.1) is 25.5 Å². The van der Waals surface area contributed by atoms with Crippen LogP contribution in [0.15, 0.2) is 48.5 Å². The van der Waals surface area contributed by atoms with Crippen molar-refractivity contribution in [2.75, 3.05) is 25.5 Å². The van der Waals surface area contributed by atoms with E-state index in [2.05, 4.69) is 38.2 Å². The van der Waals surface area contributed by atoms with Crippen molar-refractivity contribution in [1.29, 1.82) is 5.26 Å². The van der Waals surface area contributed by atoms with Crippen molar-refractivity contribution in [3.8, 4) is 11.8 Å². The van der Waals surface area contributed by atoms with Crippen molar-refractivity contribution in [3.63, 3.8) is 0 Å². The second-order valence-electron chi connectivity index (χ2n) is 12.5. The second kappa shape index (κ2) is 15.5. The summed E-state index contributed by atoms with van der Waals surface area (Å²) in [6.07, 6.45) is 16.3. The van der Waals surface area contributed by atoms with Gasteiger partial charge >= 0.3 is 0 Å². The Morgan fingerprint density at radius 2 is 1.77 bits per heavy atom. The highest BCUT2D eigenvalue weighted by atomic mass is 16.5. The molecule has 4 atom stereocenters. The Balaban J connectivity index is 1.13. The van der Waals surface area contributed by atoms with E-state index in [9.17, 15) is 10.1 Å². The molecule has 9 heteroatoms. The predicted octanol–water partition coefficient (Wildman–Crippen LogP) is 5.10. The van der Waals surface area contributed by atoms with E-state index in [1.165, 1.54) is 77.0 Å². The number of hydrazine groups is 1. The number of ether oxygens (including phenoxy) is 1. The number of benzene rings is 2. The zero-order valence-electron chi connectivity index (χ0n) is 25.6. The molecular weight excluding hydrogens is 538 g/mol. The van der Waals surface area contributed by atoms with Gasteiger partial charge in [0.25, 0.3) is 5.91 Å². The van der Waals surface area contributed by atoms with Crippen LogP contribution in [0.25, 0.3) is 0 Å². The Kier molecular flexibility index (Phi) is 11.3. The number of anilines is 1. The smallest absolute Gasteiger partial charge is 0.252 e. The van der Waals surface area contributed by atoms with Crippen LogP contribution >= 0.6 is 0 Å². The van der Waals surface area contributed by atoms with Gasteiger partial charge in [-0.3, -0.25) is 10.1 Å². The standard InChI is InChI=1S/C34H49N7O2/c1-43-30-16-9-8-15-28(30)29(23-35)38-33(42)25-13-12-14-27(21-25)36-24-31-39-32(41-40-31)26-17-20-37-34(22-26)18-10-6-4-2-3-5-7-11-19-34/h8-9,12-16,21,26,29,31-32,36-37,39-41H,2-7,10-11,17-20,22,24H2,1H3,(H,38,42)/t26?,29-,31?,32?/m0/s1. The van der Waals surface area contributed by atoms with E-state index in [4.69, 9.17) is 4.74 Å². The molecule has 9 nitrogen and oxygen atoms in total. The molecule has 0 bridgehead atoms. The normalized spacial score (nSPS) is 25.2. The molecule has 2 heterocycles. The summed E-state index contributed by atoms with van der Waals surface area (Å²) in [5.41, 5.74) is 9.24. The number of hydrogen-bond donors (Lipinski definition) is 6. The van der Waals surface area contributed by atoms with Gasteiger partial charge in [-0.05, 0) is 62.4 Å². The number of methoxy groups -OCH3 is 1. The summed E-state index contributed by atoms with van der Waals surface area (Å²) in [5.74, 6) is 0.835.